The molecule has 2 aromatic heterocycles. The summed E-state index contributed by atoms with van der Waals surface area (Å²) in [7, 11) is 1.38. The molecule has 0 bridgehead atoms. The van der Waals surface area contributed by atoms with E-state index in [0.717, 1.165) is 45.9 Å². The number of hydrogen-bond donors (Lipinski definition) is 2. The number of nitrogens with zero attached hydrogens (tertiary/aromatic N) is 3. The summed E-state index contributed by atoms with van der Waals surface area (Å²) in [5.74, 6) is -0.439. The van der Waals surface area contributed by atoms with E-state index in [9.17, 15) is 9.90 Å². The molecule has 8 heteroatoms. The average Bonchev–Trinajstić information content (AvgIpc) is 3.55. The summed E-state index contributed by atoms with van der Waals surface area (Å²) < 4.78 is 7.38. The molecule has 5 rings (SSSR count). The molecule has 1 atom stereocenters. The summed E-state index contributed by atoms with van der Waals surface area (Å²) in [6, 6.07) is 6.78. The van der Waals surface area contributed by atoms with Crippen molar-refractivity contribution in [2.75, 3.05) is 30.9 Å². The number of nitrogen functional groups attached to an aromatic ring is 1. The largest absolute Gasteiger partial charge is 0.465 e. The zero-order valence-corrected chi connectivity index (χ0v) is 19.2. The van der Waals surface area contributed by atoms with E-state index in [0.29, 0.717) is 17.3 Å². The highest BCUT2D eigenvalue weighted by molar-refractivity contribution is 7.20. The third kappa shape index (κ3) is 3.55. The first kappa shape index (κ1) is 21.3. The number of rotatable bonds is 5. The highest BCUT2D eigenvalue weighted by Gasteiger charge is 2.33. The second-order valence-corrected chi connectivity index (χ2v) is 9.83. The zero-order chi connectivity index (χ0) is 22.2. The van der Waals surface area contributed by atoms with Crippen LogP contribution in [0.3, 0.4) is 0 Å². The van der Waals surface area contributed by atoms with Gasteiger partial charge in [-0.3, -0.25) is 0 Å². The van der Waals surface area contributed by atoms with Gasteiger partial charge in [-0.05, 0) is 43.4 Å². The smallest absolute Gasteiger partial charge is 0.343 e. The number of aliphatic hydroxyl groups is 1. The Bertz CT molecular complexity index is 1130. The number of carbonyl (C=O) groups is 1. The monoisotopic (exact) mass is 454 g/mol. The van der Waals surface area contributed by atoms with Crippen molar-refractivity contribution in [2.24, 2.45) is 0 Å². The molecule has 1 aromatic carbocycles. The quantitative estimate of drug-likeness (QED) is 0.547. The van der Waals surface area contributed by atoms with Crippen LogP contribution in [0.1, 0.15) is 61.3 Å². The normalized spacial score (nSPS) is 19.7. The van der Waals surface area contributed by atoms with E-state index in [4.69, 9.17) is 10.5 Å². The van der Waals surface area contributed by atoms with Gasteiger partial charge in [0.25, 0.3) is 0 Å². The number of benzene rings is 1. The first-order valence-electron chi connectivity index (χ1n) is 11.5. The van der Waals surface area contributed by atoms with Crippen LogP contribution in [0.2, 0.25) is 0 Å². The van der Waals surface area contributed by atoms with E-state index in [1.807, 2.05) is 6.33 Å². The molecule has 0 spiro atoms. The van der Waals surface area contributed by atoms with Crippen LogP contribution in [0.25, 0.3) is 21.5 Å². The maximum atomic E-state index is 12.6. The lowest BCUT2D eigenvalue weighted by Crippen LogP contribution is -2.32. The van der Waals surface area contributed by atoms with Crippen LogP contribution in [-0.4, -0.2) is 46.9 Å². The first-order valence-corrected chi connectivity index (χ1v) is 12.3. The molecule has 170 valence electrons. The number of imidazole rings is 1. The van der Waals surface area contributed by atoms with Gasteiger partial charge in [0.1, 0.15) is 10.6 Å². The highest BCUT2D eigenvalue weighted by atomic mass is 32.1. The molecular weight excluding hydrogens is 424 g/mol. The van der Waals surface area contributed by atoms with Gasteiger partial charge in [-0.2, -0.15) is 0 Å². The fourth-order valence-electron chi connectivity index (χ4n) is 5.26. The third-order valence-corrected chi connectivity index (χ3v) is 8.26. The molecular formula is C24H30N4O3S. The maximum Gasteiger partial charge on any atom is 0.343 e. The summed E-state index contributed by atoms with van der Waals surface area (Å²) in [6.07, 6.45) is 10.1. The molecule has 1 aliphatic heterocycles. The fraction of sp³-hybridized carbons (Fsp3) is 0.500. The predicted octanol–water partition coefficient (Wildman–Crippen LogP) is 4.60. The van der Waals surface area contributed by atoms with Crippen molar-refractivity contribution in [1.82, 2.24) is 9.55 Å². The third-order valence-electron chi connectivity index (χ3n) is 6.97. The summed E-state index contributed by atoms with van der Waals surface area (Å²) >= 11 is 1.50. The second-order valence-electron chi connectivity index (χ2n) is 8.84. The SMILES string of the molecule is COC(=O)c1c(N2CCCC2CO)sc(-c2ccc3c(c2)ncn3C2CCCCC2)c1N. The Morgan fingerprint density at radius 3 is 2.81 bits per heavy atom. The number of methoxy groups -OCH3 is 1. The number of anilines is 2. The van der Waals surface area contributed by atoms with E-state index in [1.165, 1.54) is 50.6 Å². The van der Waals surface area contributed by atoms with Crippen LogP contribution in [0.15, 0.2) is 24.5 Å². The first-order chi connectivity index (χ1) is 15.6. The minimum absolute atomic E-state index is 0.00187. The van der Waals surface area contributed by atoms with Gasteiger partial charge < -0.3 is 25.0 Å². The number of carbonyl (C=O) groups excluding carboxylic acids is 1. The average molecular weight is 455 g/mol. The zero-order valence-electron chi connectivity index (χ0n) is 18.4. The molecule has 7 nitrogen and oxygen atoms in total. The predicted molar refractivity (Wildman–Crippen MR) is 128 cm³/mol. The standard InChI is InChI=1S/C24H30N4O3S/c1-31-24(30)20-21(25)22(32-23(20)27-11-5-8-17(27)13-29)15-9-10-19-18(12-15)26-14-28(19)16-6-3-2-4-7-16/h9-10,12,14,16-17,29H,2-8,11,13,25H2,1H3. The molecule has 3 aromatic rings. The van der Waals surface area contributed by atoms with Crippen molar-refractivity contribution in [3.8, 4) is 10.4 Å². The van der Waals surface area contributed by atoms with E-state index in [-0.39, 0.29) is 12.6 Å². The lowest BCUT2D eigenvalue weighted by molar-refractivity contribution is 0.0603. The van der Waals surface area contributed by atoms with Crippen LogP contribution in [0.5, 0.6) is 0 Å². The maximum absolute atomic E-state index is 12.6. The van der Waals surface area contributed by atoms with Gasteiger partial charge in [-0.25, -0.2) is 9.78 Å². The topological polar surface area (TPSA) is 93.6 Å². The highest BCUT2D eigenvalue weighted by Crippen LogP contribution is 2.47. The number of ether oxygens (including phenoxy) is 1. The van der Waals surface area contributed by atoms with Crippen molar-refractivity contribution in [3.05, 3.63) is 30.1 Å². The molecule has 1 saturated carbocycles. The van der Waals surface area contributed by atoms with E-state index < -0.39 is 5.97 Å². The number of thiophene rings is 1. The molecule has 0 radical (unpaired) electrons. The lowest BCUT2D eigenvalue weighted by Gasteiger charge is -2.24. The van der Waals surface area contributed by atoms with E-state index >= 15 is 0 Å². The van der Waals surface area contributed by atoms with E-state index in [1.54, 1.807) is 0 Å². The van der Waals surface area contributed by atoms with Gasteiger partial charge >= 0.3 is 5.97 Å². The van der Waals surface area contributed by atoms with Gasteiger partial charge in [0.2, 0.25) is 0 Å². The summed E-state index contributed by atoms with van der Waals surface area (Å²) in [5.41, 5.74) is 10.4. The Morgan fingerprint density at radius 1 is 1.25 bits per heavy atom. The van der Waals surface area contributed by atoms with Crippen LogP contribution >= 0.6 is 11.3 Å². The number of fused-ring (bicyclic) bond motifs is 1. The Hall–Kier alpha value is -2.58. The number of hydrogen-bond acceptors (Lipinski definition) is 7. The van der Waals surface area contributed by atoms with E-state index in [2.05, 4.69) is 32.7 Å². The van der Waals surface area contributed by atoms with Crippen molar-refractivity contribution in [2.45, 2.75) is 57.0 Å². The van der Waals surface area contributed by atoms with Gasteiger partial charge in [-0.1, -0.05) is 25.3 Å². The summed E-state index contributed by atoms with van der Waals surface area (Å²) in [4.78, 5) is 20.3. The molecule has 3 N–H and O–H groups in total. The molecule has 1 saturated heterocycles. The van der Waals surface area contributed by atoms with Crippen LogP contribution in [0.4, 0.5) is 10.7 Å². The van der Waals surface area contributed by atoms with Crippen molar-refractivity contribution in [1.29, 1.82) is 0 Å². The minimum atomic E-state index is -0.439. The summed E-state index contributed by atoms with van der Waals surface area (Å²) in [5, 5.41) is 10.6. The van der Waals surface area contributed by atoms with Gasteiger partial charge in [0.15, 0.2) is 0 Å². The van der Waals surface area contributed by atoms with Gasteiger partial charge in [0, 0.05) is 12.6 Å². The molecule has 32 heavy (non-hydrogen) atoms. The number of aromatic nitrogens is 2. The second kappa shape index (κ2) is 8.75. The number of esters is 1. The van der Waals surface area contributed by atoms with Crippen LogP contribution in [0, 0.1) is 0 Å². The number of aliphatic hydroxyl groups excluding tert-OH is 1. The van der Waals surface area contributed by atoms with Crippen molar-refractivity contribution in [3.63, 3.8) is 0 Å². The van der Waals surface area contributed by atoms with Gasteiger partial charge in [0.05, 0.1) is 47.7 Å². The molecule has 0 amide bonds. The Labute approximate surface area is 191 Å². The Morgan fingerprint density at radius 2 is 2.06 bits per heavy atom. The summed E-state index contributed by atoms with van der Waals surface area (Å²) in [6.45, 7) is 0.845. The minimum Gasteiger partial charge on any atom is -0.465 e. The molecule has 1 aliphatic carbocycles. The fourth-order valence-corrected chi connectivity index (χ4v) is 6.57. The molecule has 1 unspecified atom stereocenters. The number of nitrogens with two attached hydrogens (primary N) is 1. The van der Waals surface area contributed by atoms with Crippen LogP contribution < -0.4 is 10.6 Å². The van der Waals surface area contributed by atoms with Crippen LogP contribution in [-0.2, 0) is 4.74 Å². The lowest BCUT2D eigenvalue weighted by atomic mass is 9.95. The van der Waals surface area contributed by atoms with Crippen molar-refractivity contribution >= 4 is 39.0 Å². The molecule has 2 aliphatic rings. The molecule has 3 heterocycles. The van der Waals surface area contributed by atoms with Crippen molar-refractivity contribution < 1.29 is 14.6 Å². The Balaban J connectivity index is 1.56. The Kier molecular flexibility index (Phi) is 5.82. The molecule has 2 fully saturated rings. The van der Waals surface area contributed by atoms with Gasteiger partial charge in [-0.15, -0.1) is 11.3 Å².